The zero-order valence-corrected chi connectivity index (χ0v) is 12.5. The Hall–Kier alpha value is -0.870. The molecule has 1 unspecified atom stereocenters. The summed E-state index contributed by atoms with van der Waals surface area (Å²) >= 11 is 0. The highest BCUT2D eigenvalue weighted by Gasteiger charge is 2.25. The Morgan fingerprint density at radius 1 is 1.11 bits per heavy atom. The fourth-order valence-electron chi connectivity index (χ4n) is 2.75. The van der Waals surface area contributed by atoms with Crippen molar-refractivity contribution in [3.63, 3.8) is 0 Å². The minimum absolute atomic E-state index is 0.354. The number of sulfonamides is 1. The Bertz CT molecular complexity index is 498. The van der Waals surface area contributed by atoms with E-state index in [2.05, 4.69) is 18.6 Å². The summed E-state index contributed by atoms with van der Waals surface area (Å²) in [5.74, 6) is 1.94. The molecule has 0 spiro atoms. The van der Waals surface area contributed by atoms with E-state index in [1.165, 1.54) is 6.42 Å². The SMILES string of the molecule is C[C@@H]1CC(CNS(=O)(=O)c2ccccc2)CC[C@@H]1C. The number of hydrogen-bond acceptors (Lipinski definition) is 2. The number of benzene rings is 1. The minimum atomic E-state index is -3.34. The maximum atomic E-state index is 12.1. The van der Waals surface area contributed by atoms with Crippen LogP contribution in [-0.2, 0) is 10.0 Å². The molecule has 1 aromatic carbocycles. The Morgan fingerprint density at radius 3 is 2.42 bits per heavy atom. The zero-order valence-electron chi connectivity index (χ0n) is 11.7. The average molecular weight is 281 g/mol. The van der Waals surface area contributed by atoms with Crippen molar-refractivity contribution in [2.75, 3.05) is 6.54 Å². The summed E-state index contributed by atoms with van der Waals surface area (Å²) in [6, 6.07) is 8.59. The van der Waals surface area contributed by atoms with Crippen molar-refractivity contribution in [2.24, 2.45) is 17.8 Å². The molecule has 1 N–H and O–H groups in total. The van der Waals surface area contributed by atoms with E-state index >= 15 is 0 Å². The summed E-state index contributed by atoms with van der Waals surface area (Å²) in [5, 5.41) is 0. The molecular weight excluding hydrogens is 258 g/mol. The molecule has 1 aliphatic carbocycles. The van der Waals surface area contributed by atoms with Gasteiger partial charge < -0.3 is 0 Å². The number of nitrogens with one attached hydrogen (secondary N) is 1. The quantitative estimate of drug-likeness (QED) is 0.922. The third-order valence-corrected chi connectivity index (χ3v) is 5.76. The molecule has 0 heterocycles. The second-order valence-electron chi connectivity index (χ2n) is 5.80. The molecule has 0 saturated heterocycles. The lowest BCUT2D eigenvalue weighted by atomic mass is 9.76. The van der Waals surface area contributed by atoms with Crippen LogP contribution in [0.5, 0.6) is 0 Å². The molecule has 106 valence electrons. The Morgan fingerprint density at radius 2 is 1.79 bits per heavy atom. The molecule has 0 aliphatic heterocycles. The third-order valence-electron chi connectivity index (χ3n) is 4.32. The van der Waals surface area contributed by atoms with Crippen molar-refractivity contribution in [2.45, 2.75) is 38.0 Å². The fraction of sp³-hybridized carbons (Fsp3) is 0.600. The Kier molecular flexibility index (Phi) is 4.63. The summed E-state index contributed by atoms with van der Waals surface area (Å²) in [4.78, 5) is 0.354. The van der Waals surface area contributed by atoms with Crippen molar-refractivity contribution in [3.8, 4) is 0 Å². The highest BCUT2D eigenvalue weighted by molar-refractivity contribution is 7.89. The van der Waals surface area contributed by atoms with Crippen LogP contribution in [0.3, 0.4) is 0 Å². The standard InChI is InChI=1S/C15H23NO2S/c1-12-8-9-14(10-13(12)2)11-16-19(17,18)15-6-4-3-5-7-15/h3-7,12-14,16H,8-11H2,1-2H3/t12-,13+,14?/m0/s1. The van der Waals surface area contributed by atoms with Crippen LogP contribution in [0.15, 0.2) is 35.2 Å². The summed E-state index contributed by atoms with van der Waals surface area (Å²) in [7, 11) is -3.34. The van der Waals surface area contributed by atoms with Gasteiger partial charge in [0.1, 0.15) is 0 Å². The molecule has 3 atom stereocenters. The van der Waals surface area contributed by atoms with Crippen LogP contribution in [0.4, 0.5) is 0 Å². The van der Waals surface area contributed by atoms with Crippen molar-refractivity contribution >= 4 is 10.0 Å². The van der Waals surface area contributed by atoms with Gasteiger partial charge in [-0.1, -0.05) is 38.5 Å². The maximum absolute atomic E-state index is 12.1. The van der Waals surface area contributed by atoms with E-state index in [0.29, 0.717) is 23.3 Å². The largest absolute Gasteiger partial charge is 0.240 e. The summed E-state index contributed by atoms with van der Waals surface area (Å²) < 4.78 is 27.0. The van der Waals surface area contributed by atoms with Gasteiger partial charge in [-0.2, -0.15) is 0 Å². The van der Waals surface area contributed by atoms with Gasteiger partial charge in [0.05, 0.1) is 4.90 Å². The van der Waals surface area contributed by atoms with Gasteiger partial charge in [0.2, 0.25) is 10.0 Å². The van der Waals surface area contributed by atoms with E-state index in [9.17, 15) is 8.42 Å². The second kappa shape index (κ2) is 6.06. The average Bonchev–Trinajstić information content (AvgIpc) is 2.41. The van der Waals surface area contributed by atoms with Gasteiger partial charge in [0, 0.05) is 6.54 Å². The first-order valence-corrected chi connectivity index (χ1v) is 8.52. The highest BCUT2D eigenvalue weighted by atomic mass is 32.2. The molecule has 1 aliphatic rings. The van der Waals surface area contributed by atoms with Crippen LogP contribution < -0.4 is 4.72 Å². The second-order valence-corrected chi connectivity index (χ2v) is 7.57. The number of rotatable bonds is 4. The first-order chi connectivity index (χ1) is 8.99. The van der Waals surface area contributed by atoms with Crippen LogP contribution >= 0.6 is 0 Å². The maximum Gasteiger partial charge on any atom is 0.240 e. The fourth-order valence-corrected chi connectivity index (χ4v) is 3.89. The van der Waals surface area contributed by atoms with Crippen molar-refractivity contribution < 1.29 is 8.42 Å². The lowest BCUT2D eigenvalue weighted by Gasteiger charge is -2.32. The van der Waals surface area contributed by atoms with Crippen molar-refractivity contribution in [3.05, 3.63) is 30.3 Å². The van der Waals surface area contributed by atoms with E-state index in [1.54, 1.807) is 24.3 Å². The predicted octanol–water partition coefficient (Wildman–Crippen LogP) is 3.04. The summed E-state index contributed by atoms with van der Waals surface area (Å²) in [6.07, 6.45) is 3.46. The zero-order chi connectivity index (χ0) is 13.9. The normalized spacial score (nSPS) is 28.2. The lowest BCUT2D eigenvalue weighted by molar-refractivity contribution is 0.210. The molecule has 1 fully saturated rings. The molecule has 0 aromatic heterocycles. The van der Waals surface area contributed by atoms with E-state index in [4.69, 9.17) is 0 Å². The molecule has 2 rings (SSSR count). The molecule has 3 nitrogen and oxygen atoms in total. The molecule has 4 heteroatoms. The summed E-state index contributed by atoms with van der Waals surface area (Å²) in [6.45, 7) is 5.12. The lowest BCUT2D eigenvalue weighted by Crippen LogP contribution is -2.33. The minimum Gasteiger partial charge on any atom is -0.211 e. The van der Waals surface area contributed by atoms with Crippen LogP contribution in [0.1, 0.15) is 33.1 Å². The van der Waals surface area contributed by atoms with Gasteiger partial charge in [-0.15, -0.1) is 0 Å². The van der Waals surface area contributed by atoms with E-state index < -0.39 is 10.0 Å². The molecule has 19 heavy (non-hydrogen) atoms. The third kappa shape index (κ3) is 3.80. The molecule has 1 aromatic rings. The first kappa shape index (κ1) is 14.5. The Labute approximate surface area is 116 Å². The predicted molar refractivity (Wildman–Crippen MR) is 77.3 cm³/mol. The number of hydrogen-bond donors (Lipinski definition) is 1. The van der Waals surface area contributed by atoms with E-state index in [1.807, 2.05) is 6.07 Å². The van der Waals surface area contributed by atoms with Gasteiger partial charge in [0.15, 0.2) is 0 Å². The molecule has 1 saturated carbocycles. The van der Waals surface area contributed by atoms with Crippen molar-refractivity contribution in [1.29, 1.82) is 0 Å². The molecule has 0 amide bonds. The van der Waals surface area contributed by atoms with Crippen LogP contribution in [0.25, 0.3) is 0 Å². The molecular formula is C15H23NO2S. The van der Waals surface area contributed by atoms with Gasteiger partial charge in [-0.3, -0.25) is 0 Å². The van der Waals surface area contributed by atoms with Gasteiger partial charge in [0.25, 0.3) is 0 Å². The monoisotopic (exact) mass is 281 g/mol. The summed E-state index contributed by atoms with van der Waals surface area (Å²) in [5.41, 5.74) is 0. The smallest absolute Gasteiger partial charge is 0.211 e. The molecule has 0 bridgehead atoms. The van der Waals surface area contributed by atoms with Crippen LogP contribution in [-0.4, -0.2) is 15.0 Å². The van der Waals surface area contributed by atoms with Crippen molar-refractivity contribution in [1.82, 2.24) is 4.72 Å². The van der Waals surface area contributed by atoms with Gasteiger partial charge in [-0.25, -0.2) is 13.1 Å². The first-order valence-electron chi connectivity index (χ1n) is 7.04. The Balaban J connectivity index is 1.92. The highest BCUT2D eigenvalue weighted by Crippen LogP contribution is 2.32. The van der Waals surface area contributed by atoms with Crippen LogP contribution in [0, 0.1) is 17.8 Å². The van der Waals surface area contributed by atoms with E-state index in [0.717, 1.165) is 18.8 Å². The topological polar surface area (TPSA) is 46.2 Å². The van der Waals surface area contributed by atoms with Gasteiger partial charge >= 0.3 is 0 Å². The van der Waals surface area contributed by atoms with E-state index in [-0.39, 0.29) is 0 Å². The molecule has 0 radical (unpaired) electrons. The van der Waals surface area contributed by atoms with Crippen LogP contribution in [0.2, 0.25) is 0 Å². The van der Waals surface area contributed by atoms with Gasteiger partial charge in [-0.05, 0) is 42.7 Å².